The molecule has 0 saturated carbocycles. The van der Waals surface area contributed by atoms with Crippen molar-refractivity contribution < 1.29 is 9.53 Å². The molecule has 0 atom stereocenters. The standard InChI is InChI=1S/C14H23N3O2S/c1-3-16-13(18)12-10(15)11(19-2)14(20-12)17-8-6-4-5-7-9-17/h3-9,15H2,1-2H3,(H,16,18). The number of nitrogens with two attached hydrogens (primary N) is 1. The first-order valence-corrected chi connectivity index (χ1v) is 8.00. The molecule has 0 bridgehead atoms. The van der Waals surface area contributed by atoms with E-state index in [4.69, 9.17) is 10.5 Å². The van der Waals surface area contributed by atoms with Crippen molar-refractivity contribution in [3.63, 3.8) is 0 Å². The molecule has 20 heavy (non-hydrogen) atoms. The van der Waals surface area contributed by atoms with Crippen LogP contribution in [0.25, 0.3) is 0 Å². The second-order valence-corrected chi connectivity index (χ2v) is 5.94. The summed E-state index contributed by atoms with van der Waals surface area (Å²) < 4.78 is 5.44. The lowest BCUT2D eigenvalue weighted by atomic mass is 10.2. The Morgan fingerprint density at radius 3 is 2.55 bits per heavy atom. The summed E-state index contributed by atoms with van der Waals surface area (Å²) in [5, 5.41) is 3.79. The molecule has 0 unspecified atom stereocenters. The van der Waals surface area contributed by atoms with E-state index in [9.17, 15) is 4.79 Å². The number of carbonyl (C=O) groups excluding carboxylic acids is 1. The topological polar surface area (TPSA) is 67.6 Å². The van der Waals surface area contributed by atoms with Gasteiger partial charge in [0.25, 0.3) is 5.91 Å². The van der Waals surface area contributed by atoms with Crippen molar-refractivity contribution in [1.82, 2.24) is 5.32 Å². The third-order valence-corrected chi connectivity index (χ3v) is 4.77. The summed E-state index contributed by atoms with van der Waals surface area (Å²) >= 11 is 1.44. The molecular formula is C14H23N3O2S. The van der Waals surface area contributed by atoms with Gasteiger partial charge < -0.3 is 20.7 Å². The predicted molar refractivity (Wildman–Crippen MR) is 84.0 cm³/mol. The van der Waals surface area contributed by atoms with Crippen LogP contribution in [0.5, 0.6) is 5.75 Å². The first-order valence-electron chi connectivity index (χ1n) is 7.18. The zero-order chi connectivity index (χ0) is 14.5. The molecule has 0 aromatic carbocycles. The Morgan fingerprint density at radius 1 is 1.35 bits per heavy atom. The lowest BCUT2D eigenvalue weighted by molar-refractivity contribution is 0.0960. The fourth-order valence-electron chi connectivity index (χ4n) is 2.51. The van der Waals surface area contributed by atoms with Crippen LogP contribution in [0.1, 0.15) is 42.3 Å². The first-order chi connectivity index (χ1) is 9.69. The summed E-state index contributed by atoms with van der Waals surface area (Å²) in [5.41, 5.74) is 6.55. The number of anilines is 2. The highest BCUT2D eigenvalue weighted by molar-refractivity contribution is 7.19. The molecule has 1 fully saturated rings. The first kappa shape index (κ1) is 15.0. The lowest BCUT2D eigenvalue weighted by Gasteiger charge is -2.21. The maximum Gasteiger partial charge on any atom is 0.263 e. The number of amides is 1. The van der Waals surface area contributed by atoms with Crippen LogP contribution in [-0.2, 0) is 0 Å². The van der Waals surface area contributed by atoms with Crippen LogP contribution >= 0.6 is 11.3 Å². The molecule has 1 saturated heterocycles. The zero-order valence-corrected chi connectivity index (χ0v) is 13.0. The number of rotatable bonds is 4. The molecule has 2 rings (SSSR count). The molecule has 1 aromatic rings. The molecule has 0 spiro atoms. The SMILES string of the molecule is CCNC(=O)c1sc(N2CCCCCC2)c(OC)c1N. The molecule has 0 radical (unpaired) electrons. The molecule has 112 valence electrons. The minimum absolute atomic E-state index is 0.116. The average molecular weight is 297 g/mol. The van der Waals surface area contributed by atoms with Gasteiger partial charge in [-0.2, -0.15) is 0 Å². The van der Waals surface area contributed by atoms with Crippen LogP contribution in [0.15, 0.2) is 0 Å². The van der Waals surface area contributed by atoms with Gasteiger partial charge in [0.05, 0.1) is 7.11 Å². The van der Waals surface area contributed by atoms with Gasteiger partial charge in [-0.1, -0.05) is 12.8 Å². The maximum atomic E-state index is 12.0. The highest BCUT2D eigenvalue weighted by Crippen LogP contribution is 2.45. The Bertz CT molecular complexity index is 465. The largest absolute Gasteiger partial charge is 0.492 e. The number of nitrogens with zero attached hydrogens (tertiary/aromatic N) is 1. The van der Waals surface area contributed by atoms with Gasteiger partial charge in [-0.3, -0.25) is 4.79 Å². The number of nitrogen functional groups attached to an aromatic ring is 1. The molecule has 2 heterocycles. The van der Waals surface area contributed by atoms with Crippen molar-refractivity contribution >= 4 is 27.9 Å². The zero-order valence-electron chi connectivity index (χ0n) is 12.2. The van der Waals surface area contributed by atoms with Crippen LogP contribution in [0.4, 0.5) is 10.7 Å². The number of hydrogen-bond acceptors (Lipinski definition) is 5. The smallest absolute Gasteiger partial charge is 0.263 e. The number of carbonyl (C=O) groups is 1. The molecule has 6 heteroatoms. The summed E-state index contributed by atoms with van der Waals surface area (Å²) in [5.74, 6) is 0.535. The van der Waals surface area contributed by atoms with Crippen molar-refractivity contribution in [3.8, 4) is 5.75 Å². The third-order valence-electron chi connectivity index (χ3n) is 3.52. The highest BCUT2D eigenvalue weighted by Gasteiger charge is 2.25. The summed E-state index contributed by atoms with van der Waals surface area (Å²) in [6.45, 7) is 4.50. The van der Waals surface area contributed by atoms with Gasteiger partial charge in [-0.05, 0) is 19.8 Å². The summed E-state index contributed by atoms with van der Waals surface area (Å²) in [4.78, 5) is 14.9. The van der Waals surface area contributed by atoms with Gasteiger partial charge in [0.2, 0.25) is 0 Å². The Balaban J connectivity index is 2.31. The molecule has 1 aliphatic rings. The van der Waals surface area contributed by atoms with Crippen LogP contribution in [0.3, 0.4) is 0 Å². The monoisotopic (exact) mass is 297 g/mol. The Kier molecular flexibility index (Phi) is 5.11. The maximum absolute atomic E-state index is 12.0. The van der Waals surface area contributed by atoms with E-state index in [1.807, 2.05) is 6.92 Å². The van der Waals surface area contributed by atoms with E-state index in [2.05, 4.69) is 10.2 Å². The molecular weight excluding hydrogens is 274 g/mol. The van der Waals surface area contributed by atoms with E-state index in [0.29, 0.717) is 22.9 Å². The Labute approximate surface area is 124 Å². The van der Waals surface area contributed by atoms with E-state index in [1.165, 1.54) is 37.0 Å². The van der Waals surface area contributed by atoms with Gasteiger partial charge in [-0.15, -0.1) is 11.3 Å². The highest BCUT2D eigenvalue weighted by atomic mass is 32.1. The second-order valence-electron chi connectivity index (χ2n) is 4.94. The van der Waals surface area contributed by atoms with Crippen LogP contribution in [-0.4, -0.2) is 32.7 Å². The van der Waals surface area contributed by atoms with Crippen LogP contribution < -0.4 is 20.7 Å². The number of thiophene rings is 1. The van der Waals surface area contributed by atoms with E-state index >= 15 is 0 Å². The van der Waals surface area contributed by atoms with E-state index in [-0.39, 0.29) is 5.91 Å². The van der Waals surface area contributed by atoms with Crippen LogP contribution in [0.2, 0.25) is 0 Å². The van der Waals surface area contributed by atoms with Gasteiger partial charge >= 0.3 is 0 Å². The number of ether oxygens (including phenoxy) is 1. The van der Waals surface area contributed by atoms with E-state index in [1.54, 1.807) is 7.11 Å². The number of nitrogens with one attached hydrogen (secondary N) is 1. The van der Waals surface area contributed by atoms with Crippen molar-refractivity contribution in [2.24, 2.45) is 0 Å². The predicted octanol–water partition coefficient (Wildman–Crippen LogP) is 2.47. The summed E-state index contributed by atoms with van der Waals surface area (Å²) in [6, 6.07) is 0. The molecule has 1 amide bonds. The normalized spacial score (nSPS) is 15.8. The summed E-state index contributed by atoms with van der Waals surface area (Å²) in [7, 11) is 1.61. The van der Waals surface area contributed by atoms with Gasteiger partial charge in [0, 0.05) is 19.6 Å². The summed E-state index contributed by atoms with van der Waals surface area (Å²) in [6.07, 6.45) is 4.89. The fraction of sp³-hybridized carbons (Fsp3) is 0.643. The minimum atomic E-state index is -0.116. The van der Waals surface area contributed by atoms with Crippen molar-refractivity contribution in [2.75, 3.05) is 37.4 Å². The second kappa shape index (κ2) is 6.83. The number of methoxy groups -OCH3 is 1. The molecule has 0 aliphatic carbocycles. The van der Waals surface area contributed by atoms with Gasteiger partial charge in [0.1, 0.15) is 15.6 Å². The van der Waals surface area contributed by atoms with Gasteiger partial charge in [0.15, 0.2) is 5.75 Å². The van der Waals surface area contributed by atoms with Crippen molar-refractivity contribution in [2.45, 2.75) is 32.6 Å². The minimum Gasteiger partial charge on any atom is -0.492 e. The molecule has 5 nitrogen and oxygen atoms in total. The van der Waals surface area contributed by atoms with Crippen molar-refractivity contribution in [1.29, 1.82) is 0 Å². The molecule has 3 N–H and O–H groups in total. The van der Waals surface area contributed by atoms with E-state index in [0.717, 1.165) is 18.1 Å². The Hall–Kier alpha value is -1.43. The number of hydrogen-bond donors (Lipinski definition) is 2. The third kappa shape index (κ3) is 3.00. The lowest BCUT2D eigenvalue weighted by Crippen LogP contribution is -2.23. The fourth-order valence-corrected chi connectivity index (χ4v) is 3.66. The van der Waals surface area contributed by atoms with Crippen LogP contribution in [0, 0.1) is 0 Å². The molecule has 1 aromatic heterocycles. The molecule has 1 aliphatic heterocycles. The van der Waals surface area contributed by atoms with Crippen molar-refractivity contribution in [3.05, 3.63) is 4.88 Å². The van der Waals surface area contributed by atoms with Gasteiger partial charge in [-0.25, -0.2) is 0 Å². The average Bonchev–Trinajstić information content (AvgIpc) is 2.63. The Morgan fingerprint density at radius 2 is 2.00 bits per heavy atom. The quantitative estimate of drug-likeness (QED) is 0.896. The van der Waals surface area contributed by atoms with E-state index < -0.39 is 0 Å².